The van der Waals surface area contributed by atoms with E-state index in [0.29, 0.717) is 13.1 Å². The van der Waals surface area contributed by atoms with Crippen LogP contribution < -0.4 is 10.6 Å². The Balaban J connectivity index is 2.60. The molecule has 0 atom stereocenters. The van der Waals surface area contributed by atoms with Crippen molar-refractivity contribution in [2.24, 2.45) is 0 Å². The van der Waals surface area contributed by atoms with E-state index in [1.807, 2.05) is 20.8 Å². The molecule has 2 N–H and O–H groups in total. The van der Waals surface area contributed by atoms with E-state index in [1.165, 1.54) is 12.1 Å². The van der Waals surface area contributed by atoms with Crippen molar-refractivity contribution in [3.8, 4) is 0 Å². The second kappa shape index (κ2) is 6.16. The number of halogens is 2. The lowest BCUT2D eigenvalue weighted by molar-refractivity contribution is -0.126. The highest BCUT2D eigenvalue weighted by molar-refractivity contribution is 6.30. The molecule has 3 nitrogen and oxygen atoms in total. The van der Waals surface area contributed by atoms with Crippen LogP contribution in [0, 0.1) is 5.82 Å². The van der Waals surface area contributed by atoms with Gasteiger partial charge < -0.3 is 10.6 Å². The fourth-order valence-corrected chi connectivity index (χ4v) is 1.78. The van der Waals surface area contributed by atoms with Crippen molar-refractivity contribution in [3.05, 3.63) is 34.6 Å². The molecule has 100 valence electrons. The summed E-state index contributed by atoms with van der Waals surface area (Å²) in [6.07, 6.45) is 0. The summed E-state index contributed by atoms with van der Waals surface area (Å²) in [7, 11) is 0. The van der Waals surface area contributed by atoms with E-state index in [4.69, 9.17) is 11.6 Å². The number of amides is 1. The summed E-state index contributed by atoms with van der Waals surface area (Å²) in [5, 5.41) is 5.93. The number of nitrogens with one attached hydrogen (secondary N) is 2. The number of carbonyl (C=O) groups excluding carboxylic acids is 1. The van der Waals surface area contributed by atoms with Gasteiger partial charge in [0.25, 0.3) is 0 Å². The Morgan fingerprint density at radius 3 is 2.67 bits per heavy atom. The largest absolute Gasteiger partial charge is 0.350 e. The molecule has 0 aliphatic rings. The van der Waals surface area contributed by atoms with Crippen molar-refractivity contribution in [2.45, 2.75) is 32.9 Å². The first kappa shape index (κ1) is 14.9. The van der Waals surface area contributed by atoms with E-state index in [9.17, 15) is 9.18 Å². The number of carbonyl (C=O) groups is 1. The van der Waals surface area contributed by atoms with Gasteiger partial charge in [0.2, 0.25) is 5.91 Å². The van der Waals surface area contributed by atoms with Crippen LogP contribution >= 0.6 is 11.6 Å². The van der Waals surface area contributed by atoms with Gasteiger partial charge in [-0.3, -0.25) is 4.79 Å². The Kier molecular flexibility index (Phi) is 5.11. The van der Waals surface area contributed by atoms with Crippen LogP contribution in [0.3, 0.4) is 0 Å². The minimum Gasteiger partial charge on any atom is -0.350 e. The van der Waals surface area contributed by atoms with Gasteiger partial charge in [-0.1, -0.05) is 24.6 Å². The molecule has 1 aromatic rings. The quantitative estimate of drug-likeness (QED) is 0.865. The van der Waals surface area contributed by atoms with Gasteiger partial charge in [0.05, 0.1) is 10.6 Å². The van der Waals surface area contributed by atoms with Gasteiger partial charge in [-0.2, -0.15) is 0 Å². The molecular formula is C13H18ClFN2O. The lowest BCUT2D eigenvalue weighted by Gasteiger charge is -2.24. The zero-order valence-corrected chi connectivity index (χ0v) is 11.6. The molecule has 18 heavy (non-hydrogen) atoms. The Morgan fingerprint density at radius 1 is 1.44 bits per heavy atom. The molecule has 0 fully saturated rings. The third-order valence-electron chi connectivity index (χ3n) is 2.62. The minimum atomic E-state index is -0.626. The van der Waals surface area contributed by atoms with Gasteiger partial charge >= 0.3 is 0 Å². The SMILES string of the molecule is CCNC(C)(C)C(=O)NCc1ccc(F)c(Cl)c1. The monoisotopic (exact) mass is 272 g/mol. The second-order valence-electron chi connectivity index (χ2n) is 4.59. The molecule has 0 aliphatic carbocycles. The summed E-state index contributed by atoms with van der Waals surface area (Å²) in [6.45, 7) is 6.60. The van der Waals surface area contributed by atoms with E-state index in [2.05, 4.69) is 10.6 Å². The number of rotatable bonds is 5. The smallest absolute Gasteiger partial charge is 0.239 e. The Labute approximate surface area is 112 Å². The third-order valence-corrected chi connectivity index (χ3v) is 2.91. The summed E-state index contributed by atoms with van der Waals surface area (Å²) in [5.41, 5.74) is 0.139. The molecule has 0 aromatic heterocycles. The minimum absolute atomic E-state index is 0.0627. The van der Waals surface area contributed by atoms with E-state index in [1.54, 1.807) is 6.07 Å². The van der Waals surface area contributed by atoms with Gasteiger partial charge in [0, 0.05) is 6.54 Å². The van der Waals surface area contributed by atoms with Gasteiger partial charge in [-0.25, -0.2) is 4.39 Å². The van der Waals surface area contributed by atoms with Gasteiger partial charge in [-0.05, 0) is 38.1 Å². The van der Waals surface area contributed by atoms with E-state index in [-0.39, 0.29) is 10.9 Å². The number of hydrogen-bond donors (Lipinski definition) is 2. The Bertz CT molecular complexity index is 435. The van der Waals surface area contributed by atoms with Crippen molar-refractivity contribution < 1.29 is 9.18 Å². The zero-order valence-electron chi connectivity index (χ0n) is 10.8. The lowest BCUT2D eigenvalue weighted by atomic mass is 10.0. The second-order valence-corrected chi connectivity index (χ2v) is 4.99. The highest BCUT2D eigenvalue weighted by Gasteiger charge is 2.25. The molecule has 1 amide bonds. The summed E-state index contributed by atoms with van der Waals surface area (Å²) >= 11 is 5.67. The molecule has 0 saturated carbocycles. The highest BCUT2D eigenvalue weighted by atomic mass is 35.5. The van der Waals surface area contributed by atoms with E-state index < -0.39 is 11.4 Å². The molecule has 0 aliphatic heterocycles. The van der Waals surface area contributed by atoms with Crippen LogP contribution in [0.1, 0.15) is 26.3 Å². The number of hydrogen-bond acceptors (Lipinski definition) is 2. The van der Waals surface area contributed by atoms with Crippen LogP contribution in [-0.4, -0.2) is 18.0 Å². The van der Waals surface area contributed by atoms with Gasteiger partial charge in [-0.15, -0.1) is 0 Å². The van der Waals surface area contributed by atoms with Crippen molar-refractivity contribution in [2.75, 3.05) is 6.54 Å². The normalized spacial score (nSPS) is 11.4. The predicted octanol–water partition coefficient (Wildman–Crippen LogP) is 2.48. The average molecular weight is 273 g/mol. The molecule has 0 saturated heterocycles. The Hall–Kier alpha value is -1.13. The summed E-state index contributed by atoms with van der Waals surface area (Å²) in [5.74, 6) is -0.565. The van der Waals surface area contributed by atoms with Gasteiger partial charge in [0.15, 0.2) is 0 Å². The molecule has 0 bridgehead atoms. The Morgan fingerprint density at radius 2 is 2.11 bits per heavy atom. The van der Waals surface area contributed by atoms with Crippen molar-refractivity contribution in [1.82, 2.24) is 10.6 Å². The van der Waals surface area contributed by atoms with Crippen LogP contribution in [0.15, 0.2) is 18.2 Å². The first-order chi connectivity index (χ1) is 8.36. The maximum absolute atomic E-state index is 13.0. The maximum Gasteiger partial charge on any atom is 0.239 e. The standard InChI is InChI=1S/C13H18ClFN2O/c1-4-17-13(2,3)12(18)16-8-9-5-6-11(15)10(14)7-9/h5-7,17H,4,8H2,1-3H3,(H,16,18). The molecule has 0 spiro atoms. The van der Waals surface area contributed by atoms with Crippen molar-refractivity contribution in [1.29, 1.82) is 0 Å². The topological polar surface area (TPSA) is 41.1 Å². The van der Waals surface area contributed by atoms with E-state index in [0.717, 1.165) is 5.56 Å². The molecular weight excluding hydrogens is 255 g/mol. The van der Waals surface area contributed by atoms with Crippen molar-refractivity contribution in [3.63, 3.8) is 0 Å². The molecule has 0 unspecified atom stereocenters. The molecule has 0 radical (unpaired) electrons. The van der Waals surface area contributed by atoms with Crippen LogP contribution in [0.2, 0.25) is 5.02 Å². The first-order valence-corrected chi connectivity index (χ1v) is 6.22. The maximum atomic E-state index is 13.0. The summed E-state index contributed by atoms with van der Waals surface area (Å²) < 4.78 is 13.0. The van der Waals surface area contributed by atoms with Gasteiger partial charge in [0.1, 0.15) is 5.82 Å². The lowest BCUT2D eigenvalue weighted by Crippen LogP contribution is -2.52. The number of likely N-dealkylation sites (N-methyl/N-ethyl adjacent to an activating group) is 1. The predicted molar refractivity (Wildman–Crippen MR) is 71.0 cm³/mol. The molecule has 1 rings (SSSR count). The number of benzene rings is 1. The van der Waals surface area contributed by atoms with Crippen LogP contribution in [0.25, 0.3) is 0 Å². The third kappa shape index (κ3) is 3.96. The highest BCUT2D eigenvalue weighted by Crippen LogP contribution is 2.16. The molecule has 5 heteroatoms. The van der Waals surface area contributed by atoms with Crippen molar-refractivity contribution >= 4 is 17.5 Å². The average Bonchev–Trinajstić information content (AvgIpc) is 2.30. The van der Waals surface area contributed by atoms with Crippen LogP contribution in [0.5, 0.6) is 0 Å². The van der Waals surface area contributed by atoms with Crippen LogP contribution in [0.4, 0.5) is 4.39 Å². The first-order valence-electron chi connectivity index (χ1n) is 5.84. The molecule has 0 heterocycles. The summed E-state index contributed by atoms with van der Waals surface area (Å²) in [4.78, 5) is 11.9. The molecule has 1 aromatic carbocycles. The fraction of sp³-hybridized carbons (Fsp3) is 0.462. The summed E-state index contributed by atoms with van der Waals surface area (Å²) in [6, 6.07) is 4.40. The zero-order chi connectivity index (χ0) is 13.8. The fourth-order valence-electron chi connectivity index (χ4n) is 1.58. The van der Waals surface area contributed by atoms with Crippen LogP contribution in [-0.2, 0) is 11.3 Å². The van der Waals surface area contributed by atoms with E-state index >= 15 is 0 Å².